The molecule has 0 radical (unpaired) electrons. The van der Waals surface area contributed by atoms with Crippen molar-refractivity contribution in [1.29, 1.82) is 0 Å². The van der Waals surface area contributed by atoms with E-state index in [-0.39, 0.29) is 26.1 Å². The average Bonchev–Trinajstić information content (AvgIpc) is 2.90. The van der Waals surface area contributed by atoms with Gasteiger partial charge in [0.2, 0.25) is 0 Å². The van der Waals surface area contributed by atoms with Crippen LogP contribution in [0.25, 0.3) is 0 Å². The third kappa shape index (κ3) is 6.37. The zero-order valence-corrected chi connectivity index (χ0v) is 22.5. The average molecular weight is 522 g/mol. The highest BCUT2D eigenvalue weighted by molar-refractivity contribution is 5.71. The minimum absolute atomic E-state index is 0.152. The molecule has 1 aliphatic heterocycles. The van der Waals surface area contributed by atoms with Crippen molar-refractivity contribution in [3.8, 4) is 0 Å². The van der Waals surface area contributed by atoms with E-state index in [0.717, 1.165) is 11.1 Å². The van der Waals surface area contributed by atoms with Gasteiger partial charge >= 0.3 is 5.97 Å². The van der Waals surface area contributed by atoms with Gasteiger partial charge in [0, 0.05) is 33.0 Å². The van der Waals surface area contributed by atoms with Crippen LogP contribution >= 0.6 is 0 Å². The van der Waals surface area contributed by atoms with E-state index < -0.39 is 22.8 Å². The molecule has 1 saturated heterocycles. The number of benzene rings is 2. The lowest BCUT2D eigenvalue weighted by molar-refractivity contribution is -0.161. The van der Waals surface area contributed by atoms with Gasteiger partial charge in [0.05, 0.1) is 19.0 Å². The zero-order chi connectivity index (χ0) is 27.2. The molecule has 3 aromatic rings. The van der Waals surface area contributed by atoms with E-state index in [4.69, 9.17) is 19.2 Å². The summed E-state index contributed by atoms with van der Waals surface area (Å²) in [6.45, 7) is 5.82. The first-order chi connectivity index (χ1) is 18.2. The molecule has 0 unspecified atom stereocenters. The Labute approximate surface area is 224 Å². The van der Waals surface area contributed by atoms with E-state index in [1.165, 1.54) is 0 Å². The van der Waals surface area contributed by atoms with Gasteiger partial charge < -0.3 is 19.1 Å². The molecule has 0 N–H and O–H groups in total. The van der Waals surface area contributed by atoms with Crippen LogP contribution in [0.5, 0.6) is 0 Å². The van der Waals surface area contributed by atoms with Gasteiger partial charge in [0.1, 0.15) is 29.4 Å². The normalized spacial score (nSPS) is 15.8. The Kier molecular flexibility index (Phi) is 8.43. The molecule has 4 rings (SSSR count). The van der Waals surface area contributed by atoms with Gasteiger partial charge in [-0.15, -0.1) is 0 Å². The summed E-state index contributed by atoms with van der Waals surface area (Å²) in [6, 6.07) is 19.9. The first-order valence-corrected chi connectivity index (χ1v) is 12.9. The number of methoxy groups -OCH3 is 1. The number of nitrogens with zero attached hydrogens (tertiary/aromatic N) is 3. The smallest absolute Gasteiger partial charge is 0.332 e. The summed E-state index contributed by atoms with van der Waals surface area (Å²) in [5, 5.41) is 0. The third-order valence-electron chi connectivity index (χ3n) is 6.63. The molecule has 1 fully saturated rings. The van der Waals surface area contributed by atoms with Crippen molar-refractivity contribution in [2.75, 3.05) is 38.3 Å². The summed E-state index contributed by atoms with van der Waals surface area (Å²) in [7, 11) is 1.67. The highest BCUT2D eigenvalue weighted by atomic mass is 19.1. The molecule has 1 aliphatic rings. The number of hydrogen-bond acceptors (Lipinski definition) is 7. The van der Waals surface area contributed by atoms with Gasteiger partial charge in [0.15, 0.2) is 5.60 Å². The van der Waals surface area contributed by atoms with E-state index in [9.17, 15) is 4.79 Å². The summed E-state index contributed by atoms with van der Waals surface area (Å²) < 4.78 is 32.3. The fraction of sp³-hybridized carbons (Fsp3) is 0.433. The minimum atomic E-state index is -1.52. The molecule has 2 heterocycles. The number of hydrogen-bond donors (Lipinski definition) is 0. The highest BCUT2D eigenvalue weighted by Crippen LogP contribution is 2.39. The molecule has 0 saturated carbocycles. The number of carbonyl (C=O) groups is 1. The molecule has 38 heavy (non-hydrogen) atoms. The van der Waals surface area contributed by atoms with E-state index in [2.05, 4.69) is 4.98 Å². The molecule has 0 aliphatic carbocycles. The van der Waals surface area contributed by atoms with Crippen LogP contribution in [0.1, 0.15) is 50.4 Å². The Bertz CT molecular complexity index is 1150. The maximum absolute atomic E-state index is 15.5. The Morgan fingerprint density at radius 1 is 0.974 bits per heavy atom. The number of aromatic nitrogens is 2. The number of alkyl halides is 1. The number of piperidine rings is 1. The van der Waals surface area contributed by atoms with Crippen molar-refractivity contribution < 1.29 is 23.4 Å². The highest BCUT2D eigenvalue weighted by Gasteiger charge is 2.40. The third-order valence-corrected chi connectivity index (χ3v) is 6.63. The van der Waals surface area contributed by atoms with E-state index >= 15 is 4.39 Å². The van der Waals surface area contributed by atoms with Gasteiger partial charge in [-0.3, -0.25) is 4.98 Å². The summed E-state index contributed by atoms with van der Waals surface area (Å²) in [4.78, 5) is 23.4. The second-order valence-electron chi connectivity index (χ2n) is 10.6. The molecule has 0 bridgehead atoms. The van der Waals surface area contributed by atoms with Crippen LogP contribution in [0.15, 0.2) is 73.1 Å². The molecule has 202 valence electrons. The lowest BCUT2D eigenvalue weighted by Gasteiger charge is -2.37. The Morgan fingerprint density at radius 2 is 1.55 bits per heavy atom. The van der Waals surface area contributed by atoms with Crippen LogP contribution in [0.3, 0.4) is 0 Å². The first-order valence-electron chi connectivity index (χ1n) is 12.9. The van der Waals surface area contributed by atoms with E-state index in [1.54, 1.807) is 40.3 Å². The second kappa shape index (κ2) is 11.6. The van der Waals surface area contributed by atoms with Crippen molar-refractivity contribution in [1.82, 2.24) is 9.97 Å². The zero-order valence-electron chi connectivity index (χ0n) is 22.5. The van der Waals surface area contributed by atoms with Crippen molar-refractivity contribution >= 4 is 11.8 Å². The molecule has 2 aromatic carbocycles. The monoisotopic (exact) mass is 521 g/mol. The SMILES string of the molecule is COC(c1ccccc1)(c1ccccc1)c1cncc(N2CCC(F)(COCC(=O)OC(C)(C)C)CC2)n1. The van der Waals surface area contributed by atoms with Gasteiger partial charge in [-0.25, -0.2) is 14.2 Å². The summed E-state index contributed by atoms with van der Waals surface area (Å²) in [6.07, 6.45) is 3.92. The number of halogens is 1. The van der Waals surface area contributed by atoms with Gasteiger partial charge in [0.25, 0.3) is 0 Å². The predicted molar refractivity (Wildman–Crippen MR) is 144 cm³/mol. The first kappa shape index (κ1) is 27.7. The van der Waals surface area contributed by atoms with Gasteiger partial charge in [-0.2, -0.15) is 0 Å². The number of carbonyl (C=O) groups excluding carboxylic acids is 1. The van der Waals surface area contributed by atoms with Crippen molar-refractivity contribution in [2.45, 2.75) is 50.5 Å². The van der Waals surface area contributed by atoms with Gasteiger partial charge in [-0.05, 0) is 31.9 Å². The number of anilines is 1. The standard InChI is InChI=1S/C30H36FN3O4/c1-28(2,3)38-27(35)21-37-22-29(31)15-17-34(18-16-29)26-20-32-19-25(33-26)30(36-4,23-11-7-5-8-12-23)24-13-9-6-10-14-24/h5-14,19-20H,15-18,21-22H2,1-4H3. The number of esters is 1. The maximum Gasteiger partial charge on any atom is 0.332 e. The van der Waals surface area contributed by atoms with Crippen molar-refractivity contribution in [3.05, 3.63) is 89.9 Å². The largest absolute Gasteiger partial charge is 0.458 e. The molecule has 0 spiro atoms. The molecule has 0 atom stereocenters. The van der Waals surface area contributed by atoms with Crippen LogP contribution in [0.2, 0.25) is 0 Å². The molecular weight excluding hydrogens is 485 g/mol. The quantitative estimate of drug-likeness (QED) is 0.364. The van der Waals surface area contributed by atoms with E-state index in [0.29, 0.717) is 24.6 Å². The Morgan fingerprint density at radius 3 is 2.08 bits per heavy atom. The molecule has 1 aromatic heterocycles. The van der Waals surface area contributed by atoms with Crippen LogP contribution < -0.4 is 4.90 Å². The van der Waals surface area contributed by atoms with Crippen LogP contribution in [-0.2, 0) is 24.6 Å². The van der Waals surface area contributed by atoms with Crippen molar-refractivity contribution in [3.63, 3.8) is 0 Å². The lowest BCUT2D eigenvalue weighted by atomic mass is 9.83. The summed E-state index contributed by atoms with van der Waals surface area (Å²) in [5.41, 5.74) is -0.565. The minimum Gasteiger partial charge on any atom is -0.458 e. The summed E-state index contributed by atoms with van der Waals surface area (Å²) >= 11 is 0. The van der Waals surface area contributed by atoms with Crippen LogP contribution in [-0.4, -0.2) is 60.6 Å². The van der Waals surface area contributed by atoms with Crippen LogP contribution in [0, 0.1) is 0 Å². The second-order valence-corrected chi connectivity index (χ2v) is 10.6. The van der Waals surface area contributed by atoms with Gasteiger partial charge in [-0.1, -0.05) is 60.7 Å². The lowest BCUT2D eigenvalue weighted by Crippen LogP contribution is -2.45. The summed E-state index contributed by atoms with van der Waals surface area (Å²) in [5.74, 6) is 0.164. The number of ether oxygens (including phenoxy) is 3. The maximum atomic E-state index is 15.5. The topological polar surface area (TPSA) is 73.8 Å². The molecule has 7 nitrogen and oxygen atoms in total. The fourth-order valence-corrected chi connectivity index (χ4v) is 4.80. The van der Waals surface area contributed by atoms with Crippen LogP contribution in [0.4, 0.5) is 10.2 Å². The fourth-order valence-electron chi connectivity index (χ4n) is 4.80. The van der Waals surface area contributed by atoms with Crippen molar-refractivity contribution in [2.24, 2.45) is 0 Å². The Balaban J connectivity index is 1.49. The van der Waals surface area contributed by atoms with E-state index in [1.807, 2.05) is 65.6 Å². The molecular formula is C30H36FN3O4. The number of rotatable bonds is 9. The predicted octanol–water partition coefficient (Wildman–Crippen LogP) is 5.08. The molecule has 8 heteroatoms. The molecule has 0 amide bonds. The Hall–Kier alpha value is -3.36.